The second-order valence-electron chi connectivity index (χ2n) is 5.40. The van der Waals surface area contributed by atoms with Gasteiger partial charge in [-0.3, -0.25) is 4.79 Å². The predicted molar refractivity (Wildman–Crippen MR) is 78.6 cm³/mol. The number of rotatable bonds is 6. The Morgan fingerprint density at radius 2 is 2.10 bits per heavy atom. The maximum atomic E-state index is 11.9. The number of thiophene rings is 1. The fourth-order valence-electron chi connectivity index (χ4n) is 2.75. The van der Waals surface area contributed by atoms with E-state index in [9.17, 15) is 14.7 Å². The summed E-state index contributed by atoms with van der Waals surface area (Å²) in [6, 6.07) is 2.63. The van der Waals surface area contributed by atoms with E-state index in [1.54, 1.807) is 12.1 Å². The molecule has 0 bridgehead atoms. The third-order valence-electron chi connectivity index (χ3n) is 3.88. The van der Waals surface area contributed by atoms with E-state index in [1.165, 1.54) is 43.4 Å². The van der Waals surface area contributed by atoms with Crippen LogP contribution in [0.4, 0.5) is 0 Å². The lowest BCUT2D eigenvalue weighted by Gasteiger charge is -2.21. The average molecular weight is 295 g/mol. The van der Waals surface area contributed by atoms with Crippen molar-refractivity contribution in [3.8, 4) is 0 Å². The monoisotopic (exact) mass is 295 g/mol. The minimum absolute atomic E-state index is 0.156. The molecule has 1 fully saturated rings. The van der Waals surface area contributed by atoms with Crippen LogP contribution in [0.15, 0.2) is 17.5 Å². The molecule has 0 saturated heterocycles. The van der Waals surface area contributed by atoms with Gasteiger partial charge in [0.05, 0.1) is 0 Å². The van der Waals surface area contributed by atoms with E-state index in [1.807, 2.05) is 5.38 Å². The number of hydrogen-bond donors (Lipinski definition) is 2. The Bertz CT molecular complexity index is 438. The lowest BCUT2D eigenvalue weighted by molar-refractivity contribution is -0.142. The van der Waals surface area contributed by atoms with Crippen LogP contribution in [0.5, 0.6) is 0 Å². The van der Waals surface area contributed by atoms with Gasteiger partial charge in [-0.1, -0.05) is 38.2 Å². The van der Waals surface area contributed by atoms with Crippen LogP contribution in [0.3, 0.4) is 0 Å². The fraction of sp³-hybridized carbons (Fsp3) is 0.600. The van der Waals surface area contributed by atoms with Crippen molar-refractivity contribution in [3.05, 3.63) is 22.4 Å². The van der Waals surface area contributed by atoms with E-state index in [2.05, 4.69) is 5.32 Å². The summed E-state index contributed by atoms with van der Waals surface area (Å²) in [5.74, 6) is -0.519. The van der Waals surface area contributed by atoms with Crippen LogP contribution in [0, 0.1) is 5.92 Å². The van der Waals surface area contributed by atoms with Gasteiger partial charge in [0.15, 0.2) is 6.04 Å². The molecule has 0 aliphatic heterocycles. The summed E-state index contributed by atoms with van der Waals surface area (Å²) in [6.07, 6.45) is 7.56. The Balaban J connectivity index is 1.81. The minimum Gasteiger partial charge on any atom is -0.479 e. The maximum Gasteiger partial charge on any atom is 0.331 e. The molecule has 1 atom stereocenters. The van der Waals surface area contributed by atoms with Crippen molar-refractivity contribution in [1.82, 2.24) is 5.32 Å². The average Bonchev–Trinajstić information content (AvgIpc) is 2.97. The van der Waals surface area contributed by atoms with Crippen molar-refractivity contribution >= 4 is 23.2 Å². The van der Waals surface area contributed by atoms with Gasteiger partial charge in [0.25, 0.3) is 0 Å². The van der Waals surface area contributed by atoms with Gasteiger partial charge in [-0.05, 0) is 23.8 Å². The van der Waals surface area contributed by atoms with Crippen LogP contribution < -0.4 is 5.32 Å². The molecule has 1 heterocycles. The summed E-state index contributed by atoms with van der Waals surface area (Å²) in [5.41, 5.74) is 0. The third kappa shape index (κ3) is 4.34. The summed E-state index contributed by atoms with van der Waals surface area (Å²) < 4.78 is 0. The molecule has 5 heteroatoms. The van der Waals surface area contributed by atoms with Crippen LogP contribution in [-0.2, 0) is 9.59 Å². The highest BCUT2D eigenvalue weighted by atomic mass is 32.1. The number of carboxylic acid groups (broad SMARTS) is 1. The molecule has 1 saturated carbocycles. The van der Waals surface area contributed by atoms with E-state index < -0.39 is 12.0 Å². The Kier molecular flexibility index (Phi) is 5.59. The molecule has 4 nitrogen and oxygen atoms in total. The summed E-state index contributed by atoms with van der Waals surface area (Å²) >= 11 is 1.35. The van der Waals surface area contributed by atoms with Gasteiger partial charge in [0.2, 0.25) is 5.91 Å². The van der Waals surface area contributed by atoms with E-state index in [-0.39, 0.29) is 5.91 Å². The van der Waals surface area contributed by atoms with E-state index in [4.69, 9.17) is 0 Å². The molecular formula is C15H21NO3S. The molecule has 2 rings (SSSR count). The zero-order valence-corrected chi connectivity index (χ0v) is 12.3. The molecule has 0 spiro atoms. The SMILES string of the molecule is O=C(CCC1CCCCC1)NC(C(=O)O)c1cccs1. The highest BCUT2D eigenvalue weighted by Gasteiger charge is 2.23. The lowest BCUT2D eigenvalue weighted by Crippen LogP contribution is -2.33. The first kappa shape index (κ1) is 15.0. The number of aliphatic carboxylic acids is 1. The van der Waals surface area contributed by atoms with Gasteiger partial charge >= 0.3 is 5.97 Å². The molecule has 20 heavy (non-hydrogen) atoms. The summed E-state index contributed by atoms with van der Waals surface area (Å²) in [7, 11) is 0. The van der Waals surface area contributed by atoms with Gasteiger partial charge in [0.1, 0.15) is 0 Å². The minimum atomic E-state index is -1.00. The first-order valence-electron chi connectivity index (χ1n) is 7.22. The summed E-state index contributed by atoms with van der Waals surface area (Å²) in [5, 5.41) is 13.7. The van der Waals surface area contributed by atoms with Crippen molar-refractivity contribution in [2.45, 2.75) is 51.0 Å². The molecule has 0 radical (unpaired) electrons. The van der Waals surface area contributed by atoms with Gasteiger partial charge in [-0.25, -0.2) is 4.79 Å². The zero-order valence-electron chi connectivity index (χ0n) is 11.5. The maximum absolute atomic E-state index is 11.9. The largest absolute Gasteiger partial charge is 0.479 e. The van der Waals surface area contributed by atoms with Crippen molar-refractivity contribution in [2.24, 2.45) is 5.92 Å². The van der Waals surface area contributed by atoms with Crippen molar-refractivity contribution in [1.29, 1.82) is 0 Å². The summed E-state index contributed by atoms with van der Waals surface area (Å²) in [4.78, 5) is 23.8. The van der Waals surface area contributed by atoms with Gasteiger partial charge < -0.3 is 10.4 Å². The predicted octanol–water partition coefficient (Wildman–Crippen LogP) is 3.35. The number of hydrogen-bond acceptors (Lipinski definition) is 3. The Hall–Kier alpha value is -1.36. The molecule has 110 valence electrons. The molecule has 1 aliphatic rings. The standard InChI is InChI=1S/C15H21NO3S/c17-13(9-8-11-5-2-1-3-6-11)16-14(15(18)19)12-7-4-10-20-12/h4,7,10-11,14H,1-3,5-6,8-9H2,(H,16,17)(H,18,19). The molecule has 1 aliphatic carbocycles. The zero-order chi connectivity index (χ0) is 14.4. The highest BCUT2D eigenvalue weighted by Crippen LogP contribution is 2.27. The van der Waals surface area contributed by atoms with Crippen molar-refractivity contribution in [2.75, 3.05) is 0 Å². The number of carboxylic acids is 1. The topological polar surface area (TPSA) is 66.4 Å². The quantitative estimate of drug-likeness (QED) is 0.845. The Morgan fingerprint density at radius 3 is 2.70 bits per heavy atom. The second kappa shape index (κ2) is 7.43. The molecule has 1 unspecified atom stereocenters. The molecule has 1 aromatic rings. The lowest BCUT2D eigenvalue weighted by atomic mass is 9.86. The van der Waals surface area contributed by atoms with Crippen LogP contribution in [0.1, 0.15) is 55.9 Å². The van der Waals surface area contributed by atoms with Crippen molar-refractivity contribution < 1.29 is 14.7 Å². The number of nitrogens with one attached hydrogen (secondary N) is 1. The van der Waals surface area contributed by atoms with Crippen LogP contribution in [0.2, 0.25) is 0 Å². The molecular weight excluding hydrogens is 274 g/mol. The van der Waals surface area contributed by atoms with E-state index >= 15 is 0 Å². The highest BCUT2D eigenvalue weighted by molar-refractivity contribution is 7.10. The number of carbonyl (C=O) groups excluding carboxylic acids is 1. The number of amides is 1. The Labute approximate surface area is 123 Å². The van der Waals surface area contributed by atoms with Crippen LogP contribution in [0.25, 0.3) is 0 Å². The molecule has 2 N–H and O–H groups in total. The molecule has 1 aromatic heterocycles. The summed E-state index contributed by atoms with van der Waals surface area (Å²) in [6.45, 7) is 0. The Morgan fingerprint density at radius 1 is 1.35 bits per heavy atom. The fourth-order valence-corrected chi connectivity index (χ4v) is 3.52. The van der Waals surface area contributed by atoms with E-state index in [0.717, 1.165) is 6.42 Å². The van der Waals surface area contributed by atoms with Crippen molar-refractivity contribution in [3.63, 3.8) is 0 Å². The van der Waals surface area contributed by atoms with E-state index in [0.29, 0.717) is 17.2 Å². The van der Waals surface area contributed by atoms with Gasteiger partial charge in [-0.15, -0.1) is 11.3 Å². The smallest absolute Gasteiger partial charge is 0.331 e. The van der Waals surface area contributed by atoms with Gasteiger partial charge in [0, 0.05) is 11.3 Å². The first-order valence-corrected chi connectivity index (χ1v) is 8.10. The van der Waals surface area contributed by atoms with Crippen LogP contribution in [-0.4, -0.2) is 17.0 Å². The first-order chi connectivity index (χ1) is 9.66. The van der Waals surface area contributed by atoms with Crippen LogP contribution >= 0.6 is 11.3 Å². The molecule has 0 aromatic carbocycles. The van der Waals surface area contributed by atoms with Gasteiger partial charge in [-0.2, -0.15) is 0 Å². The second-order valence-corrected chi connectivity index (χ2v) is 6.38. The molecule has 1 amide bonds. The number of carbonyl (C=O) groups is 2. The normalized spacial score (nSPS) is 17.6. The third-order valence-corrected chi connectivity index (χ3v) is 4.82.